The third kappa shape index (κ3) is 5.12. The molecule has 2 N–H and O–H groups in total. The molecular weight excluding hydrogens is 404 g/mol. The van der Waals surface area contributed by atoms with Crippen LogP contribution in [0.4, 0.5) is 5.69 Å². The first kappa shape index (κ1) is 22.1. The molecule has 1 atom stereocenters. The molecule has 0 saturated carbocycles. The third-order valence-electron chi connectivity index (χ3n) is 5.06. The number of ether oxygens (including phenoxy) is 2. The number of rotatable bonds is 8. The number of hydrogen-bond donors (Lipinski definition) is 2. The summed E-state index contributed by atoms with van der Waals surface area (Å²) in [5, 5.41) is 2.83. The summed E-state index contributed by atoms with van der Waals surface area (Å²) in [6.45, 7) is 5.04. The molecule has 1 heterocycles. The van der Waals surface area contributed by atoms with E-state index in [1.165, 1.54) is 6.07 Å². The van der Waals surface area contributed by atoms with E-state index in [0.717, 1.165) is 18.4 Å². The monoisotopic (exact) mass is 432 g/mol. The van der Waals surface area contributed by atoms with Crippen molar-refractivity contribution in [3.05, 3.63) is 53.6 Å². The number of nitrogens with one attached hydrogen (secondary N) is 2. The fourth-order valence-electron chi connectivity index (χ4n) is 3.41. The fraction of sp³-hybridized carbons (Fsp3) is 0.409. The third-order valence-corrected chi connectivity index (χ3v) is 6.43. The summed E-state index contributed by atoms with van der Waals surface area (Å²) < 4.78 is 39.4. The number of hydrogen-bond acceptors (Lipinski definition) is 5. The van der Waals surface area contributed by atoms with Crippen LogP contribution in [0.2, 0.25) is 0 Å². The Balaban J connectivity index is 1.81. The lowest BCUT2D eigenvalue weighted by Gasteiger charge is -2.16. The highest BCUT2D eigenvalue weighted by Gasteiger charge is 2.22. The minimum absolute atomic E-state index is 0.00607. The van der Waals surface area contributed by atoms with Crippen LogP contribution >= 0.6 is 0 Å². The molecule has 2 aromatic carbocycles. The molecule has 162 valence electrons. The second-order valence-electron chi connectivity index (χ2n) is 7.55. The fourth-order valence-corrected chi connectivity index (χ4v) is 4.53. The van der Waals surface area contributed by atoms with Crippen LogP contribution in [0, 0.1) is 0 Å². The van der Waals surface area contributed by atoms with E-state index in [1.54, 1.807) is 43.5 Å². The number of carbonyl (C=O) groups is 1. The van der Waals surface area contributed by atoms with Crippen LogP contribution < -0.4 is 14.8 Å². The van der Waals surface area contributed by atoms with Gasteiger partial charge in [0.1, 0.15) is 5.75 Å². The van der Waals surface area contributed by atoms with Crippen LogP contribution in [-0.2, 0) is 14.8 Å². The van der Waals surface area contributed by atoms with E-state index in [0.29, 0.717) is 18.9 Å². The molecule has 1 amide bonds. The van der Waals surface area contributed by atoms with Crippen LogP contribution in [0.1, 0.15) is 48.5 Å². The maximum Gasteiger partial charge on any atom is 0.261 e. The minimum atomic E-state index is -3.89. The second-order valence-corrected chi connectivity index (χ2v) is 9.24. The molecule has 8 heteroatoms. The van der Waals surface area contributed by atoms with Gasteiger partial charge in [0.15, 0.2) is 0 Å². The maximum atomic E-state index is 13.0. The summed E-state index contributed by atoms with van der Waals surface area (Å²) in [5.41, 5.74) is 1.28. The Bertz CT molecular complexity index is 998. The SMILES string of the molecule is COc1ccc(S(=O)(=O)Nc2ccccc2C(=O)NC[C@@H]2CCCO2)cc1C(C)C. The van der Waals surface area contributed by atoms with Crippen molar-refractivity contribution in [2.45, 2.75) is 43.6 Å². The van der Waals surface area contributed by atoms with Crippen molar-refractivity contribution in [1.29, 1.82) is 0 Å². The van der Waals surface area contributed by atoms with Crippen LogP contribution in [0.5, 0.6) is 5.75 Å². The smallest absolute Gasteiger partial charge is 0.261 e. The summed E-state index contributed by atoms with van der Waals surface area (Å²) >= 11 is 0. The Morgan fingerprint density at radius 3 is 2.67 bits per heavy atom. The first-order valence-corrected chi connectivity index (χ1v) is 11.5. The van der Waals surface area contributed by atoms with Crippen molar-refractivity contribution in [3.8, 4) is 5.75 Å². The molecule has 0 aliphatic carbocycles. The first-order chi connectivity index (χ1) is 14.3. The maximum absolute atomic E-state index is 13.0. The quantitative estimate of drug-likeness (QED) is 0.666. The average Bonchev–Trinajstić information content (AvgIpc) is 3.25. The highest BCUT2D eigenvalue weighted by molar-refractivity contribution is 7.92. The van der Waals surface area contributed by atoms with Crippen LogP contribution in [0.25, 0.3) is 0 Å². The molecule has 0 aromatic heterocycles. The lowest BCUT2D eigenvalue weighted by molar-refractivity contribution is 0.0858. The molecule has 7 nitrogen and oxygen atoms in total. The van der Waals surface area contributed by atoms with E-state index in [9.17, 15) is 13.2 Å². The zero-order chi connectivity index (χ0) is 21.7. The highest BCUT2D eigenvalue weighted by Crippen LogP contribution is 2.30. The molecule has 0 unspecified atom stereocenters. The number of sulfonamides is 1. The van der Waals surface area contributed by atoms with Gasteiger partial charge < -0.3 is 14.8 Å². The highest BCUT2D eigenvalue weighted by atomic mass is 32.2. The molecule has 0 radical (unpaired) electrons. The van der Waals surface area contributed by atoms with Crippen molar-refractivity contribution < 1.29 is 22.7 Å². The van der Waals surface area contributed by atoms with E-state index in [4.69, 9.17) is 9.47 Å². The second kappa shape index (κ2) is 9.49. The van der Waals surface area contributed by atoms with Crippen molar-refractivity contribution in [2.75, 3.05) is 25.0 Å². The lowest BCUT2D eigenvalue weighted by Crippen LogP contribution is -2.32. The molecule has 30 heavy (non-hydrogen) atoms. The molecular formula is C22H28N2O5S. The van der Waals surface area contributed by atoms with Gasteiger partial charge >= 0.3 is 0 Å². The Morgan fingerprint density at radius 1 is 1.23 bits per heavy atom. The zero-order valence-corrected chi connectivity index (χ0v) is 18.3. The van der Waals surface area contributed by atoms with Gasteiger partial charge in [-0.1, -0.05) is 26.0 Å². The Kier molecular flexibility index (Phi) is 6.99. The standard InChI is InChI=1S/C22H28N2O5S/c1-15(2)19-13-17(10-11-21(19)28-3)30(26,27)24-20-9-5-4-8-18(20)22(25)23-14-16-7-6-12-29-16/h4-5,8-11,13,15-16,24H,6-7,12,14H2,1-3H3,(H,23,25)/t16-/m0/s1. The molecule has 0 bridgehead atoms. The molecule has 2 aromatic rings. The van der Waals surface area contributed by atoms with Gasteiger partial charge in [-0.25, -0.2) is 8.42 Å². The predicted octanol–water partition coefficient (Wildman–Crippen LogP) is 3.53. The van der Waals surface area contributed by atoms with E-state index in [1.807, 2.05) is 13.8 Å². The van der Waals surface area contributed by atoms with Gasteiger partial charge in [-0.05, 0) is 54.7 Å². The van der Waals surface area contributed by atoms with Gasteiger partial charge in [0.2, 0.25) is 0 Å². The average molecular weight is 433 g/mol. The van der Waals surface area contributed by atoms with Crippen LogP contribution in [0.15, 0.2) is 47.4 Å². The van der Waals surface area contributed by atoms with E-state index in [2.05, 4.69) is 10.0 Å². The van der Waals surface area contributed by atoms with Crippen molar-refractivity contribution in [3.63, 3.8) is 0 Å². The molecule has 0 spiro atoms. The number of carbonyl (C=O) groups excluding carboxylic acids is 1. The number of para-hydroxylation sites is 1. The largest absolute Gasteiger partial charge is 0.496 e. The topological polar surface area (TPSA) is 93.7 Å². The number of amides is 1. The molecule has 1 aliphatic rings. The lowest BCUT2D eigenvalue weighted by atomic mass is 10.0. The Morgan fingerprint density at radius 2 is 2.00 bits per heavy atom. The predicted molar refractivity (Wildman–Crippen MR) is 116 cm³/mol. The number of methoxy groups -OCH3 is 1. The van der Waals surface area contributed by atoms with Crippen molar-refractivity contribution in [2.24, 2.45) is 0 Å². The van der Waals surface area contributed by atoms with E-state index in [-0.39, 0.29) is 34.1 Å². The van der Waals surface area contributed by atoms with Gasteiger partial charge in [0, 0.05) is 13.2 Å². The summed E-state index contributed by atoms with van der Waals surface area (Å²) in [4.78, 5) is 12.8. The Hall–Kier alpha value is -2.58. The summed E-state index contributed by atoms with van der Waals surface area (Å²) in [6.07, 6.45) is 1.90. The summed E-state index contributed by atoms with van der Waals surface area (Å²) in [7, 11) is -2.34. The minimum Gasteiger partial charge on any atom is -0.496 e. The van der Waals surface area contributed by atoms with Gasteiger partial charge in [0.25, 0.3) is 15.9 Å². The van der Waals surface area contributed by atoms with Gasteiger partial charge in [-0.3, -0.25) is 9.52 Å². The summed E-state index contributed by atoms with van der Waals surface area (Å²) in [6, 6.07) is 11.3. The van der Waals surface area contributed by atoms with Gasteiger partial charge in [0.05, 0.1) is 29.4 Å². The van der Waals surface area contributed by atoms with Gasteiger partial charge in [-0.15, -0.1) is 0 Å². The van der Waals surface area contributed by atoms with E-state index < -0.39 is 10.0 Å². The molecule has 1 fully saturated rings. The van der Waals surface area contributed by atoms with Gasteiger partial charge in [-0.2, -0.15) is 0 Å². The molecule has 1 saturated heterocycles. The molecule has 3 rings (SSSR count). The number of benzene rings is 2. The molecule has 1 aliphatic heterocycles. The Labute approximate surface area is 177 Å². The zero-order valence-electron chi connectivity index (χ0n) is 17.5. The number of anilines is 1. The van der Waals surface area contributed by atoms with Crippen molar-refractivity contribution >= 4 is 21.6 Å². The van der Waals surface area contributed by atoms with E-state index >= 15 is 0 Å². The summed E-state index contributed by atoms with van der Waals surface area (Å²) in [5.74, 6) is 0.380. The van der Waals surface area contributed by atoms with Crippen LogP contribution in [-0.4, -0.2) is 40.7 Å². The normalized spacial score (nSPS) is 16.5. The van der Waals surface area contributed by atoms with Crippen molar-refractivity contribution in [1.82, 2.24) is 5.32 Å². The first-order valence-electron chi connectivity index (χ1n) is 10.0. The van der Waals surface area contributed by atoms with Crippen LogP contribution in [0.3, 0.4) is 0 Å².